The van der Waals surface area contributed by atoms with E-state index in [0.717, 1.165) is 18.6 Å². The van der Waals surface area contributed by atoms with Gasteiger partial charge in [0.05, 0.1) is 12.2 Å². The van der Waals surface area contributed by atoms with Crippen molar-refractivity contribution in [3.8, 4) is 17.2 Å². The first-order valence-electron chi connectivity index (χ1n) is 8.04. The maximum atomic E-state index is 12.2. The predicted octanol–water partition coefficient (Wildman–Crippen LogP) is 3.56. The number of aromatic nitrogens is 3. The SMILES string of the molecule is CCCCOc1ccc(C(=O)Nc2nnc(-c3cccnc3)o2)cc1. The molecule has 0 bridgehead atoms. The maximum absolute atomic E-state index is 12.2. The number of carbonyl (C=O) groups is 1. The lowest BCUT2D eigenvalue weighted by molar-refractivity contribution is 0.102. The van der Waals surface area contributed by atoms with Gasteiger partial charge in [-0.25, -0.2) is 0 Å². The molecule has 25 heavy (non-hydrogen) atoms. The molecule has 128 valence electrons. The summed E-state index contributed by atoms with van der Waals surface area (Å²) in [6.45, 7) is 2.77. The van der Waals surface area contributed by atoms with E-state index in [4.69, 9.17) is 9.15 Å². The lowest BCUT2D eigenvalue weighted by Crippen LogP contribution is -2.12. The van der Waals surface area contributed by atoms with Crippen molar-refractivity contribution in [2.45, 2.75) is 19.8 Å². The van der Waals surface area contributed by atoms with Gasteiger partial charge in [0.15, 0.2) is 0 Å². The van der Waals surface area contributed by atoms with Crippen LogP contribution in [0.15, 0.2) is 53.2 Å². The number of carbonyl (C=O) groups excluding carboxylic acids is 1. The monoisotopic (exact) mass is 338 g/mol. The smallest absolute Gasteiger partial charge is 0.322 e. The highest BCUT2D eigenvalue weighted by Gasteiger charge is 2.13. The molecular weight excluding hydrogens is 320 g/mol. The normalized spacial score (nSPS) is 10.4. The third-order valence-corrected chi connectivity index (χ3v) is 3.44. The third-order valence-electron chi connectivity index (χ3n) is 3.44. The quantitative estimate of drug-likeness (QED) is 0.662. The van der Waals surface area contributed by atoms with Crippen LogP contribution < -0.4 is 10.1 Å². The highest BCUT2D eigenvalue weighted by atomic mass is 16.5. The molecule has 1 aromatic carbocycles. The summed E-state index contributed by atoms with van der Waals surface area (Å²) in [5.41, 5.74) is 1.16. The van der Waals surface area contributed by atoms with Gasteiger partial charge in [0.25, 0.3) is 11.8 Å². The Kier molecular flexibility index (Phi) is 5.36. The lowest BCUT2D eigenvalue weighted by Gasteiger charge is -2.06. The van der Waals surface area contributed by atoms with Crippen molar-refractivity contribution in [1.82, 2.24) is 15.2 Å². The summed E-state index contributed by atoms with van der Waals surface area (Å²) in [5.74, 6) is 0.700. The van der Waals surface area contributed by atoms with Crippen LogP contribution in [0.2, 0.25) is 0 Å². The van der Waals surface area contributed by atoms with Crippen LogP contribution in [0.3, 0.4) is 0 Å². The molecule has 0 radical (unpaired) electrons. The highest BCUT2D eigenvalue weighted by Crippen LogP contribution is 2.19. The largest absolute Gasteiger partial charge is 0.494 e. The van der Waals surface area contributed by atoms with Gasteiger partial charge in [-0.15, -0.1) is 5.10 Å². The second-order valence-corrected chi connectivity index (χ2v) is 5.33. The molecule has 3 aromatic rings. The summed E-state index contributed by atoms with van der Waals surface area (Å²) < 4.78 is 11.0. The number of benzene rings is 1. The molecule has 0 saturated heterocycles. The number of nitrogens with one attached hydrogen (secondary N) is 1. The van der Waals surface area contributed by atoms with Crippen molar-refractivity contribution in [1.29, 1.82) is 0 Å². The Balaban J connectivity index is 1.61. The van der Waals surface area contributed by atoms with Gasteiger partial charge in [0.2, 0.25) is 0 Å². The summed E-state index contributed by atoms with van der Waals surface area (Å²) in [6.07, 6.45) is 5.33. The van der Waals surface area contributed by atoms with E-state index in [-0.39, 0.29) is 11.9 Å². The fraction of sp³-hybridized carbons (Fsp3) is 0.222. The molecule has 0 aliphatic carbocycles. The van der Waals surface area contributed by atoms with Gasteiger partial charge in [0, 0.05) is 18.0 Å². The average molecular weight is 338 g/mol. The van der Waals surface area contributed by atoms with Gasteiger partial charge in [-0.1, -0.05) is 18.4 Å². The molecule has 0 fully saturated rings. The van der Waals surface area contributed by atoms with Crippen molar-refractivity contribution < 1.29 is 13.9 Å². The Labute approximate surface area is 145 Å². The third kappa shape index (κ3) is 4.41. The van der Waals surface area contributed by atoms with E-state index in [1.54, 1.807) is 48.8 Å². The average Bonchev–Trinajstić information content (AvgIpc) is 3.12. The molecule has 0 atom stereocenters. The summed E-state index contributed by atoms with van der Waals surface area (Å²) in [5, 5.41) is 10.3. The molecule has 0 saturated carbocycles. The number of nitrogens with zero attached hydrogens (tertiary/aromatic N) is 3. The minimum Gasteiger partial charge on any atom is -0.494 e. The van der Waals surface area contributed by atoms with E-state index in [1.807, 2.05) is 0 Å². The first-order chi connectivity index (χ1) is 12.3. The van der Waals surface area contributed by atoms with Crippen LogP contribution in [-0.4, -0.2) is 27.7 Å². The van der Waals surface area contributed by atoms with Crippen LogP contribution >= 0.6 is 0 Å². The van der Waals surface area contributed by atoms with Crippen LogP contribution in [0, 0.1) is 0 Å². The number of pyridine rings is 1. The van der Waals surface area contributed by atoms with Gasteiger partial charge < -0.3 is 9.15 Å². The Morgan fingerprint density at radius 1 is 1.20 bits per heavy atom. The molecule has 0 aliphatic heterocycles. The zero-order valence-electron chi connectivity index (χ0n) is 13.8. The van der Waals surface area contributed by atoms with Crippen molar-refractivity contribution in [2.24, 2.45) is 0 Å². The Morgan fingerprint density at radius 3 is 2.76 bits per heavy atom. The van der Waals surface area contributed by atoms with E-state index in [1.165, 1.54) is 0 Å². The molecule has 7 heteroatoms. The van der Waals surface area contributed by atoms with Gasteiger partial charge in [0.1, 0.15) is 5.75 Å². The maximum Gasteiger partial charge on any atom is 0.322 e. The van der Waals surface area contributed by atoms with Crippen LogP contribution in [0.1, 0.15) is 30.1 Å². The number of hydrogen-bond acceptors (Lipinski definition) is 6. The van der Waals surface area contributed by atoms with Crippen molar-refractivity contribution in [2.75, 3.05) is 11.9 Å². The molecular formula is C18H18N4O3. The number of anilines is 1. The van der Waals surface area contributed by atoms with E-state index >= 15 is 0 Å². The topological polar surface area (TPSA) is 90.1 Å². The molecule has 0 aliphatic rings. The summed E-state index contributed by atoms with van der Waals surface area (Å²) >= 11 is 0. The number of rotatable bonds is 7. The van der Waals surface area contributed by atoms with Crippen molar-refractivity contribution in [3.05, 3.63) is 54.4 Å². The minimum absolute atomic E-state index is 0.0344. The zero-order chi connectivity index (χ0) is 17.5. The summed E-state index contributed by atoms with van der Waals surface area (Å²) in [7, 11) is 0. The first kappa shape index (κ1) is 16.6. The molecule has 1 N–H and O–H groups in total. The fourth-order valence-electron chi connectivity index (χ4n) is 2.09. The van der Waals surface area contributed by atoms with Gasteiger partial charge >= 0.3 is 6.01 Å². The molecule has 7 nitrogen and oxygen atoms in total. The second-order valence-electron chi connectivity index (χ2n) is 5.33. The molecule has 2 heterocycles. The van der Waals surface area contributed by atoms with Gasteiger partial charge in [-0.05, 0) is 42.8 Å². The molecule has 0 spiro atoms. The van der Waals surface area contributed by atoms with Gasteiger partial charge in [-0.3, -0.25) is 15.1 Å². The van der Waals surface area contributed by atoms with Crippen LogP contribution in [0.4, 0.5) is 6.01 Å². The van der Waals surface area contributed by atoms with E-state index in [0.29, 0.717) is 23.6 Å². The molecule has 1 amide bonds. The predicted molar refractivity (Wildman–Crippen MR) is 92.3 cm³/mol. The zero-order valence-corrected chi connectivity index (χ0v) is 13.8. The van der Waals surface area contributed by atoms with Crippen LogP contribution in [0.5, 0.6) is 5.75 Å². The van der Waals surface area contributed by atoms with Crippen LogP contribution in [-0.2, 0) is 0 Å². The Hall–Kier alpha value is -3.22. The van der Waals surface area contributed by atoms with E-state index in [9.17, 15) is 4.79 Å². The van der Waals surface area contributed by atoms with Gasteiger partial charge in [-0.2, -0.15) is 0 Å². The molecule has 3 rings (SSSR count). The van der Waals surface area contributed by atoms with E-state index in [2.05, 4.69) is 27.4 Å². The first-order valence-corrected chi connectivity index (χ1v) is 8.04. The number of hydrogen-bond donors (Lipinski definition) is 1. The standard InChI is InChI=1S/C18H18N4O3/c1-2-3-11-24-15-8-6-13(7-9-15)16(23)20-18-22-21-17(25-18)14-5-4-10-19-12-14/h4-10,12H,2-3,11H2,1H3,(H,20,22,23). The Morgan fingerprint density at radius 2 is 2.04 bits per heavy atom. The Bertz CT molecular complexity index is 816. The number of ether oxygens (including phenoxy) is 1. The highest BCUT2D eigenvalue weighted by molar-refractivity contribution is 6.03. The van der Waals surface area contributed by atoms with Crippen molar-refractivity contribution in [3.63, 3.8) is 0 Å². The van der Waals surface area contributed by atoms with Crippen molar-refractivity contribution >= 4 is 11.9 Å². The number of unbranched alkanes of at least 4 members (excludes halogenated alkanes) is 1. The second kappa shape index (κ2) is 8.05. The lowest BCUT2D eigenvalue weighted by atomic mass is 10.2. The number of amides is 1. The van der Waals surface area contributed by atoms with Crippen LogP contribution in [0.25, 0.3) is 11.5 Å². The minimum atomic E-state index is -0.332. The summed E-state index contributed by atoms with van der Waals surface area (Å²) in [4.78, 5) is 16.2. The molecule has 0 unspecified atom stereocenters. The van der Waals surface area contributed by atoms with E-state index < -0.39 is 0 Å². The fourth-order valence-corrected chi connectivity index (χ4v) is 2.09. The summed E-state index contributed by atoms with van der Waals surface area (Å²) in [6, 6.07) is 10.5. The molecule has 2 aromatic heterocycles.